The van der Waals surface area contributed by atoms with E-state index in [1.165, 1.54) is 4.57 Å². The Morgan fingerprint density at radius 3 is 2.56 bits per heavy atom. The minimum atomic E-state index is 0.683. The van der Waals surface area contributed by atoms with Crippen molar-refractivity contribution >= 4 is 6.41 Å². The molecule has 0 N–H and O–H groups in total. The van der Waals surface area contributed by atoms with Crippen LogP contribution < -0.4 is 0 Å². The number of hydrogen-bond acceptors (Lipinski definition) is 2. The maximum Gasteiger partial charge on any atom is 0.322 e. The Bertz CT molecular complexity index is 227. The number of aromatic nitrogens is 2. The van der Waals surface area contributed by atoms with Crippen molar-refractivity contribution in [3.05, 3.63) is 17.7 Å². The molecule has 1 rings (SSSR count). The van der Waals surface area contributed by atoms with Gasteiger partial charge in [-0.05, 0) is 13.8 Å². The first-order chi connectivity index (χ1) is 4.24. The fourth-order valence-electron chi connectivity index (χ4n) is 0.711. The van der Waals surface area contributed by atoms with Gasteiger partial charge >= 0.3 is 6.41 Å². The lowest BCUT2D eigenvalue weighted by molar-refractivity contribution is 0.546. The predicted octanol–water partition coefficient (Wildman–Crippen LogP) is 0.415. The number of aryl methyl sites for hydroxylation is 2. The molecule has 1 aromatic heterocycles. The molecule has 3 heteroatoms. The van der Waals surface area contributed by atoms with E-state index in [1.54, 1.807) is 19.5 Å². The van der Waals surface area contributed by atoms with Gasteiger partial charge in [0.05, 0.1) is 5.69 Å². The van der Waals surface area contributed by atoms with E-state index in [1.807, 2.05) is 6.92 Å². The fraction of sp³-hybridized carbons (Fsp3) is 0.333. The Kier molecular flexibility index (Phi) is 1.34. The first kappa shape index (κ1) is 6.01. The predicted molar refractivity (Wildman–Crippen MR) is 32.8 cm³/mol. The summed E-state index contributed by atoms with van der Waals surface area (Å²) in [7, 11) is 0. The van der Waals surface area contributed by atoms with E-state index in [9.17, 15) is 4.79 Å². The van der Waals surface area contributed by atoms with Gasteiger partial charge in [0, 0.05) is 6.20 Å². The SMILES string of the molecule is Cc1cn([C]=O)c(C)n1. The standard InChI is InChI=1S/C6H7N2O/c1-5-3-8(4-9)6(2)7-5/h3H,1-2H3. The molecule has 0 aliphatic rings. The number of nitrogens with zero attached hydrogens (tertiary/aromatic N) is 2. The van der Waals surface area contributed by atoms with Gasteiger partial charge in [0.2, 0.25) is 0 Å². The van der Waals surface area contributed by atoms with Crippen LogP contribution in [0, 0.1) is 13.8 Å². The molecule has 0 saturated heterocycles. The summed E-state index contributed by atoms with van der Waals surface area (Å²) < 4.78 is 1.33. The average molecular weight is 123 g/mol. The molecule has 47 valence electrons. The van der Waals surface area contributed by atoms with Gasteiger partial charge in [0.15, 0.2) is 0 Å². The quantitative estimate of drug-likeness (QED) is 0.542. The molecule has 0 fully saturated rings. The third kappa shape index (κ3) is 0.988. The first-order valence-corrected chi connectivity index (χ1v) is 2.65. The van der Waals surface area contributed by atoms with Gasteiger partial charge < -0.3 is 0 Å². The van der Waals surface area contributed by atoms with Gasteiger partial charge in [-0.3, -0.25) is 9.36 Å². The van der Waals surface area contributed by atoms with Crippen LogP contribution in [0.4, 0.5) is 0 Å². The van der Waals surface area contributed by atoms with Crippen molar-refractivity contribution in [2.24, 2.45) is 0 Å². The number of hydrogen-bond donors (Lipinski definition) is 0. The Morgan fingerprint density at radius 2 is 2.33 bits per heavy atom. The normalized spacial score (nSPS) is 9.56. The van der Waals surface area contributed by atoms with Crippen LogP contribution >= 0.6 is 0 Å². The van der Waals surface area contributed by atoms with E-state index < -0.39 is 0 Å². The van der Waals surface area contributed by atoms with E-state index in [0.717, 1.165) is 5.69 Å². The molecular weight excluding hydrogens is 116 g/mol. The molecule has 1 heterocycles. The lowest BCUT2D eigenvalue weighted by Crippen LogP contribution is -1.94. The largest absolute Gasteiger partial charge is 0.322 e. The highest BCUT2D eigenvalue weighted by atomic mass is 16.1. The smallest absolute Gasteiger partial charge is 0.265 e. The fourth-order valence-corrected chi connectivity index (χ4v) is 0.711. The van der Waals surface area contributed by atoms with E-state index in [2.05, 4.69) is 4.98 Å². The second kappa shape index (κ2) is 2.01. The molecule has 0 bridgehead atoms. The summed E-state index contributed by atoms with van der Waals surface area (Å²) in [6, 6.07) is 0. The van der Waals surface area contributed by atoms with Crippen molar-refractivity contribution in [2.75, 3.05) is 0 Å². The zero-order chi connectivity index (χ0) is 6.85. The second-order valence-corrected chi connectivity index (χ2v) is 1.89. The van der Waals surface area contributed by atoms with Crippen LogP contribution in [-0.2, 0) is 4.79 Å². The van der Waals surface area contributed by atoms with Crippen molar-refractivity contribution < 1.29 is 4.79 Å². The molecule has 1 aromatic rings. The highest BCUT2D eigenvalue weighted by molar-refractivity contribution is 5.53. The minimum absolute atomic E-state index is 0.683. The second-order valence-electron chi connectivity index (χ2n) is 1.89. The van der Waals surface area contributed by atoms with Gasteiger partial charge in [-0.25, -0.2) is 4.98 Å². The number of rotatable bonds is 1. The Morgan fingerprint density at radius 1 is 1.67 bits per heavy atom. The van der Waals surface area contributed by atoms with Crippen molar-refractivity contribution in [1.29, 1.82) is 0 Å². The Labute approximate surface area is 53.3 Å². The van der Waals surface area contributed by atoms with Crippen molar-refractivity contribution in [2.45, 2.75) is 13.8 Å². The Hall–Kier alpha value is -1.12. The highest BCUT2D eigenvalue weighted by Crippen LogP contribution is 1.95. The number of imidazole rings is 1. The molecule has 0 unspecified atom stereocenters. The van der Waals surface area contributed by atoms with Crippen LogP contribution in [0.25, 0.3) is 0 Å². The molecule has 0 saturated carbocycles. The summed E-state index contributed by atoms with van der Waals surface area (Å²) in [5, 5.41) is 0. The molecule has 1 radical (unpaired) electrons. The zero-order valence-corrected chi connectivity index (χ0v) is 5.38. The molecule has 9 heavy (non-hydrogen) atoms. The topological polar surface area (TPSA) is 34.9 Å². The van der Waals surface area contributed by atoms with E-state index >= 15 is 0 Å². The first-order valence-electron chi connectivity index (χ1n) is 2.65. The monoisotopic (exact) mass is 123 g/mol. The summed E-state index contributed by atoms with van der Waals surface area (Å²) in [6.07, 6.45) is 3.36. The summed E-state index contributed by atoms with van der Waals surface area (Å²) in [5.74, 6) is 0.683. The van der Waals surface area contributed by atoms with Crippen molar-refractivity contribution in [3.8, 4) is 0 Å². The van der Waals surface area contributed by atoms with Crippen LogP contribution in [0.15, 0.2) is 6.20 Å². The molecule has 0 spiro atoms. The van der Waals surface area contributed by atoms with Crippen LogP contribution in [-0.4, -0.2) is 16.0 Å². The van der Waals surface area contributed by atoms with E-state index in [-0.39, 0.29) is 0 Å². The van der Waals surface area contributed by atoms with E-state index in [0.29, 0.717) is 5.82 Å². The molecular formula is C6H7N2O. The van der Waals surface area contributed by atoms with Crippen molar-refractivity contribution in [1.82, 2.24) is 9.55 Å². The minimum Gasteiger partial charge on any atom is -0.265 e. The lowest BCUT2D eigenvalue weighted by atomic mass is 10.6. The third-order valence-electron chi connectivity index (χ3n) is 1.10. The molecule has 0 amide bonds. The van der Waals surface area contributed by atoms with Gasteiger partial charge in [-0.15, -0.1) is 0 Å². The van der Waals surface area contributed by atoms with Gasteiger partial charge in [0.1, 0.15) is 5.82 Å². The summed E-state index contributed by atoms with van der Waals surface area (Å²) in [4.78, 5) is 14.0. The van der Waals surface area contributed by atoms with Crippen LogP contribution in [0.2, 0.25) is 0 Å². The van der Waals surface area contributed by atoms with Crippen LogP contribution in [0.5, 0.6) is 0 Å². The van der Waals surface area contributed by atoms with Crippen LogP contribution in [0.1, 0.15) is 11.5 Å². The highest BCUT2D eigenvalue weighted by Gasteiger charge is 1.96. The summed E-state index contributed by atoms with van der Waals surface area (Å²) in [5.41, 5.74) is 0.843. The third-order valence-corrected chi connectivity index (χ3v) is 1.10. The molecule has 3 nitrogen and oxygen atoms in total. The number of carbonyl (C=O) groups excluding carboxylic acids is 1. The summed E-state index contributed by atoms with van der Waals surface area (Å²) in [6.45, 7) is 3.60. The molecule has 0 aliphatic heterocycles. The van der Waals surface area contributed by atoms with Crippen LogP contribution in [0.3, 0.4) is 0 Å². The van der Waals surface area contributed by atoms with E-state index in [4.69, 9.17) is 0 Å². The molecule has 0 aromatic carbocycles. The van der Waals surface area contributed by atoms with Gasteiger partial charge in [-0.2, -0.15) is 0 Å². The average Bonchev–Trinajstić information content (AvgIpc) is 2.10. The maximum atomic E-state index is 10.0. The van der Waals surface area contributed by atoms with Gasteiger partial charge in [0.25, 0.3) is 0 Å². The molecule has 0 atom stereocenters. The zero-order valence-electron chi connectivity index (χ0n) is 5.38. The Balaban J connectivity index is 3.15. The molecule has 0 aliphatic carbocycles. The maximum absolute atomic E-state index is 10.0. The lowest BCUT2D eigenvalue weighted by Gasteiger charge is -1.84. The van der Waals surface area contributed by atoms with Crippen molar-refractivity contribution in [3.63, 3.8) is 0 Å². The van der Waals surface area contributed by atoms with Gasteiger partial charge in [-0.1, -0.05) is 0 Å². The summed E-state index contributed by atoms with van der Waals surface area (Å²) >= 11 is 0.